The van der Waals surface area contributed by atoms with Crippen molar-refractivity contribution in [2.75, 3.05) is 19.6 Å². The first-order chi connectivity index (χ1) is 12.1. The maximum Gasteiger partial charge on any atom is 0.251 e. The summed E-state index contributed by atoms with van der Waals surface area (Å²) in [6.07, 6.45) is 1.86. The van der Waals surface area contributed by atoms with E-state index in [1.807, 2.05) is 43.3 Å². The minimum atomic E-state index is -0.100. The number of hydrogen-bond donors (Lipinski definition) is 1. The van der Waals surface area contributed by atoms with Gasteiger partial charge in [0.1, 0.15) is 0 Å². The number of carbonyl (C=O) groups is 2. The van der Waals surface area contributed by atoms with Crippen molar-refractivity contribution in [2.24, 2.45) is 0 Å². The summed E-state index contributed by atoms with van der Waals surface area (Å²) in [4.78, 5) is 25.7. The van der Waals surface area contributed by atoms with E-state index in [9.17, 15) is 9.59 Å². The highest BCUT2D eigenvalue weighted by molar-refractivity contribution is 5.94. The maximum atomic E-state index is 12.1. The molecule has 0 fully saturated rings. The van der Waals surface area contributed by atoms with Gasteiger partial charge in [0.15, 0.2) is 0 Å². The predicted molar refractivity (Wildman–Crippen MR) is 101 cm³/mol. The fourth-order valence-corrected chi connectivity index (χ4v) is 2.74. The SMILES string of the molecule is CC(=O)N(CCCc1ccccc1)CCNC(=O)c1cccc(C)c1. The first-order valence-corrected chi connectivity index (χ1v) is 8.70. The van der Waals surface area contributed by atoms with Crippen LogP contribution in [0.5, 0.6) is 0 Å². The molecule has 132 valence electrons. The zero-order valence-corrected chi connectivity index (χ0v) is 15.0. The fourth-order valence-electron chi connectivity index (χ4n) is 2.74. The van der Waals surface area contributed by atoms with Crippen LogP contribution in [0.4, 0.5) is 0 Å². The van der Waals surface area contributed by atoms with E-state index in [0.29, 0.717) is 25.2 Å². The summed E-state index contributed by atoms with van der Waals surface area (Å²) in [5.74, 6) is -0.0608. The van der Waals surface area contributed by atoms with Crippen molar-refractivity contribution in [1.82, 2.24) is 10.2 Å². The highest BCUT2D eigenvalue weighted by Gasteiger charge is 2.10. The highest BCUT2D eigenvalue weighted by atomic mass is 16.2. The number of hydrogen-bond acceptors (Lipinski definition) is 2. The molecule has 4 nitrogen and oxygen atoms in total. The van der Waals surface area contributed by atoms with E-state index < -0.39 is 0 Å². The quantitative estimate of drug-likeness (QED) is 0.803. The summed E-state index contributed by atoms with van der Waals surface area (Å²) in [5.41, 5.74) is 2.98. The Hall–Kier alpha value is -2.62. The van der Waals surface area contributed by atoms with Gasteiger partial charge in [-0.1, -0.05) is 48.0 Å². The molecule has 0 aliphatic carbocycles. The first-order valence-electron chi connectivity index (χ1n) is 8.70. The Labute approximate surface area is 149 Å². The Kier molecular flexibility index (Phi) is 7.20. The van der Waals surface area contributed by atoms with Crippen molar-refractivity contribution in [2.45, 2.75) is 26.7 Å². The first kappa shape index (κ1) is 18.7. The molecule has 0 radical (unpaired) electrons. The number of nitrogens with one attached hydrogen (secondary N) is 1. The van der Waals surface area contributed by atoms with Crippen LogP contribution in [0.1, 0.15) is 34.8 Å². The van der Waals surface area contributed by atoms with E-state index in [-0.39, 0.29) is 11.8 Å². The molecule has 2 aromatic rings. The minimum Gasteiger partial charge on any atom is -0.350 e. The average molecular weight is 338 g/mol. The summed E-state index contributed by atoms with van der Waals surface area (Å²) in [6, 6.07) is 17.7. The maximum absolute atomic E-state index is 12.1. The van der Waals surface area contributed by atoms with Crippen LogP contribution in [0.2, 0.25) is 0 Å². The molecule has 0 saturated carbocycles. The molecule has 25 heavy (non-hydrogen) atoms. The van der Waals surface area contributed by atoms with E-state index in [2.05, 4.69) is 17.4 Å². The normalized spacial score (nSPS) is 10.3. The number of rotatable bonds is 8. The van der Waals surface area contributed by atoms with Gasteiger partial charge in [0.25, 0.3) is 5.91 Å². The van der Waals surface area contributed by atoms with E-state index in [0.717, 1.165) is 18.4 Å². The summed E-state index contributed by atoms with van der Waals surface area (Å²) in [6.45, 7) is 5.22. The Bertz CT molecular complexity index is 698. The molecule has 0 heterocycles. The van der Waals surface area contributed by atoms with Crippen LogP contribution in [0.25, 0.3) is 0 Å². The van der Waals surface area contributed by atoms with Gasteiger partial charge in [-0.25, -0.2) is 0 Å². The van der Waals surface area contributed by atoms with Crippen molar-refractivity contribution in [3.63, 3.8) is 0 Å². The lowest BCUT2D eigenvalue weighted by molar-refractivity contribution is -0.128. The van der Waals surface area contributed by atoms with Gasteiger partial charge in [0.2, 0.25) is 5.91 Å². The van der Waals surface area contributed by atoms with Gasteiger partial charge in [-0.3, -0.25) is 9.59 Å². The Morgan fingerprint density at radius 2 is 1.76 bits per heavy atom. The van der Waals surface area contributed by atoms with Crippen LogP contribution < -0.4 is 5.32 Å². The molecule has 1 N–H and O–H groups in total. The smallest absolute Gasteiger partial charge is 0.251 e. The molecular weight excluding hydrogens is 312 g/mol. The number of benzene rings is 2. The molecule has 0 atom stereocenters. The second-order valence-corrected chi connectivity index (χ2v) is 6.22. The van der Waals surface area contributed by atoms with Crippen LogP contribution in [0.15, 0.2) is 54.6 Å². The van der Waals surface area contributed by atoms with Crippen LogP contribution in [0.3, 0.4) is 0 Å². The van der Waals surface area contributed by atoms with Gasteiger partial charge in [-0.15, -0.1) is 0 Å². The zero-order chi connectivity index (χ0) is 18.1. The second kappa shape index (κ2) is 9.62. The van der Waals surface area contributed by atoms with Gasteiger partial charge < -0.3 is 10.2 Å². The third-order valence-corrected chi connectivity index (χ3v) is 4.13. The van der Waals surface area contributed by atoms with Crippen LogP contribution >= 0.6 is 0 Å². The van der Waals surface area contributed by atoms with Crippen molar-refractivity contribution < 1.29 is 9.59 Å². The van der Waals surface area contributed by atoms with Gasteiger partial charge in [-0.2, -0.15) is 0 Å². The Morgan fingerprint density at radius 1 is 1.00 bits per heavy atom. The van der Waals surface area contributed by atoms with Crippen molar-refractivity contribution >= 4 is 11.8 Å². The van der Waals surface area contributed by atoms with Gasteiger partial charge in [0, 0.05) is 32.1 Å². The summed E-state index contributed by atoms with van der Waals surface area (Å²) >= 11 is 0. The average Bonchev–Trinajstić information content (AvgIpc) is 2.61. The number of aryl methyl sites for hydroxylation is 2. The van der Waals surface area contributed by atoms with E-state index >= 15 is 0 Å². The van der Waals surface area contributed by atoms with E-state index in [1.54, 1.807) is 17.9 Å². The highest BCUT2D eigenvalue weighted by Crippen LogP contribution is 2.05. The largest absolute Gasteiger partial charge is 0.350 e. The van der Waals surface area contributed by atoms with E-state index in [1.165, 1.54) is 5.56 Å². The standard InChI is InChI=1S/C21H26N2O2/c1-17-8-6-12-20(16-17)21(25)22-13-15-23(18(2)24)14-7-11-19-9-4-3-5-10-19/h3-6,8-10,12,16H,7,11,13-15H2,1-2H3,(H,22,25). The molecule has 2 rings (SSSR count). The van der Waals surface area contributed by atoms with Crippen LogP contribution in [0, 0.1) is 6.92 Å². The van der Waals surface area contributed by atoms with Crippen LogP contribution in [-0.2, 0) is 11.2 Å². The molecular formula is C21H26N2O2. The van der Waals surface area contributed by atoms with Crippen molar-refractivity contribution in [3.8, 4) is 0 Å². The lowest BCUT2D eigenvalue weighted by Crippen LogP contribution is -2.38. The molecule has 2 amide bonds. The molecule has 0 bridgehead atoms. The predicted octanol–water partition coefficient (Wildman–Crippen LogP) is 3.21. The van der Waals surface area contributed by atoms with Crippen LogP contribution in [-0.4, -0.2) is 36.3 Å². The zero-order valence-electron chi connectivity index (χ0n) is 15.0. The van der Waals surface area contributed by atoms with Gasteiger partial charge in [-0.05, 0) is 37.5 Å². The fraction of sp³-hybridized carbons (Fsp3) is 0.333. The van der Waals surface area contributed by atoms with Crippen molar-refractivity contribution in [3.05, 3.63) is 71.3 Å². The minimum absolute atomic E-state index is 0.0397. The van der Waals surface area contributed by atoms with Crippen molar-refractivity contribution in [1.29, 1.82) is 0 Å². The Balaban J connectivity index is 1.75. The molecule has 2 aromatic carbocycles. The molecule has 0 aromatic heterocycles. The van der Waals surface area contributed by atoms with Gasteiger partial charge >= 0.3 is 0 Å². The molecule has 0 aliphatic rings. The number of amides is 2. The lowest BCUT2D eigenvalue weighted by atomic mass is 10.1. The molecule has 0 spiro atoms. The molecule has 0 saturated heterocycles. The van der Waals surface area contributed by atoms with Gasteiger partial charge in [0.05, 0.1) is 0 Å². The molecule has 0 aliphatic heterocycles. The summed E-state index contributed by atoms with van der Waals surface area (Å²) < 4.78 is 0. The summed E-state index contributed by atoms with van der Waals surface area (Å²) in [7, 11) is 0. The molecule has 4 heteroatoms. The molecule has 0 unspecified atom stereocenters. The number of carbonyl (C=O) groups excluding carboxylic acids is 2. The second-order valence-electron chi connectivity index (χ2n) is 6.22. The Morgan fingerprint density at radius 3 is 2.44 bits per heavy atom. The summed E-state index contributed by atoms with van der Waals surface area (Å²) in [5, 5.41) is 2.89. The third-order valence-electron chi connectivity index (χ3n) is 4.13. The lowest BCUT2D eigenvalue weighted by Gasteiger charge is -2.21. The monoisotopic (exact) mass is 338 g/mol. The number of nitrogens with zero attached hydrogens (tertiary/aromatic N) is 1. The topological polar surface area (TPSA) is 49.4 Å². The third kappa shape index (κ3) is 6.42. The van der Waals surface area contributed by atoms with E-state index in [4.69, 9.17) is 0 Å².